The summed E-state index contributed by atoms with van der Waals surface area (Å²) in [5.41, 5.74) is 5.68. The zero-order valence-corrected chi connectivity index (χ0v) is 11.2. The molecule has 0 aromatic heterocycles. The van der Waals surface area contributed by atoms with Crippen molar-refractivity contribution >= 4 is 38.9 Å². The van der Waals surface area contributed by atoms with E-state index in [0.29, 0.717) is 11.6 Å². The maximum atomic E-state index is 12.0. The lowest BCUT2D eigenvalue weighted by Crippen LogP contribution is -2.27. The van der Waals surface area contributed by atoms with Crippen LogP contribution in [-0.2, 0) is 10.0 Å². The maximum absolute atomic E-state index is 12.0. The monoisotopic (exact) mass is 282 g/mol. The molecule has 0 fully saturated rings. The number of sulfonamides is 1. The number of anilines is 1. The van der Waals surface area contributed by atoms with Gasteiger partial charge in [0.1, 0.15) is 4.90 Å². The molecule has 0 radical (unpaired) electrons. The first-order chi connectivity index (χ1) is 7.30. The molecule has 1 rings (SSSR count). The molecule has 0 atom stereocenters. The fourth-order valence-electron chi connectivity index (χ4n) is 1.18. The van der Waals surface area contributed by atoms with Gasteiger partial charge >= 0.3 is 0 Å². The number of nitrogens with zero attached hydrogens (tertiary/aromatic N) is 1. The number of hydrogen-bond donors (Lipinski definition) is 1. The number of nitrogens with two attached hydrogens (primary N) is 1. The van der Waals surface area contributed by atoms with Gasteiger partial charge in [-0.1, -0.05) is 30.1 Å². The zero-order chi connectivity index (χ0) is 12.5. The molecule has 16 heavy (non-hydrogen) atoms. The van der Waals surface area contributed by atoms with E-state index in [1.54, 1.807) is 6.92 Å². The summed E-state index contributed by atoms with van der Waals surface area (Å²) < 4.78 is 25.2. The third-order valence-corrected chi connectivity index (χ3v) is 4.83. The molecule has 0 aliphatic heterocycles. The topological polar surface area (TPSA) is 63.4 Å². The first-order valence-corrected chi connectivity index (χ1v) is 6.71. The van der Waals surface area contributed by atoms with Crippen molar-refractivity contribution in [3.05, 3.63) is 22.2 Å². The van der Waals surface area contributed by atoms with E-state index in [0.717, 1.165) is 0 Å². The molecule has 0 spiro atoms. The van der Waals surface area contributed by atoms with Crippen LogP contribution in [-0.4, -0.2) is 26.3 Å². The Morgan fingerprint density at radius 2 is 1.94 bits per heavy atom. The Kier molecular flexibility index (Phi) is 4.07. The smallest absolute Gasteiger partial charge is 0.246 e. The molecular formula is C9H12Cl2N2O2S. The van der Waals surface area contributed by atoms with E-state index in [1.807, 2.05) is 0 Å². The lowest BCUT2D eigenvalue weighted by Gasteiger charge is -2.17. The minimum atomic E-state index is -3.65. The molecule has 0 aliphatic carbocycles. The van der Waals surface area contributed by atoms with Crippen LogP contribution in [0.1, 0.15) is 6.92 Å². The van der Waals surface area contributed by atoms with Crippen LogP contribution in [0.25, 0.3) is 0 Å². The minimum absolute atomic E-state index is 0.0327. The summed E-state index contributed by atoms with van der Waals surface area (Å²) in [6, 6.07) is 2.72. The third kappa shape index (κ3) is 2.43. The van der Waals surface area contributed by atoms with Gasteiger partial charge in [0, 0.05) is 18.6 Å². The van der Waals surface area contributed by atoms with Crippen LogP contribution in [0.3, 0.4) is 0 Å². The second-order valence-corrected chi connectivity index (χ2v) is 6.05. The van der Waals surface area contributed by atoms with E-state index < -0.39 is 10.0 Å². The largest absolute Gasteiger partial charge is 0.398 e. The number of halogens is 2. The molecule has 1 aromatic carbocycles. The van der Waals surface area contributed by atoms with Crippen LogP contribution in [0.2, 0.25) is 10.0 Å². The van der Waals surface area contributed by atoms with Gasteiger partial charge in [-0.15, -0.1) is 0 Å². The van der Waals surface area contributed by atoms with Gasteiger partial charge in [-0.2, -0.15) is 0 Å². The molecule has 4 nitrogen and oxygen atoms in total. The third-order valence-electron chi connectivity index (χ3n) is 2.15. The van der Waals surface area contributed by atoms with Crippen molar-refractivity contribution in [3.8, 4) is 0 Å². The van der Waals surface area contributed by atoms with E-state index in [9.17, 15) is 8.42 Å². The summed E-state index contributed by atoms with van der Waals surface area (Å²) in [5.74, 6) is 0. The lowest BCUT2D eigenvalue weighted by atomic mass is 10.3. The van der Waals surface area contributed by atoms with Crippen LogP contribution < -0.4 is 5.73 Å². The first kappa shape index (κ1) is 13.6. The Bertz CT molecular complexity index is 479. The highest BCUT2D eigenvalue weighted by Gasteiger charge is 2.25. The summed E-state index contributed by atoms with van der Waals surface area (Å²) in [6.45, 7) is 2.05. The molecular weight excluding hydrogens is 271 g/mol. The van der Waals surface area contributed by atoms with Crippen molar-refractivity contribution in [2.45, 2.75) is 11.8 Å². The van der Waals surface area contributed by atoms with E-state index >= 15 is 0 Å². The summed E-state index contributed by atoms with van der Waals surface area (Å²) >= 11 is 11.6. The highest BCUT2D eigenvalue weighted by molar-refractivity contribution is 7.89. The quantitative estimate of drug-likeness (QED) is 0.865. The summed E-state index contributed by atoms with van der Waals surface area (Å²) in [7, 11) is -2.19. The van der Waals surface area contributed by atoms with Crippen LogP contribution in [0, 0.1) is 0 Å². The molecule has 0 amide bonds. The molecule has 0 saturated heterocycles. The van der Waals surface area contributed by atoms with Gasteiger partial charge in [-0.05, 0) is 12.1 Å². The fourth-order valence-corrected chi connectivity index (χ4v) is 3.29. The molecule has 0 bridgehead atoms. The zero-order valence-electron chi connectivity index (χ0n) is 8.87. The summed E-state index contributed by atoms with van der Waals surface area (Å²) in [6.07, 6.45) is 0. The molecule has 1 aromatic rings. The van der Waals surface area contributed by atoms with Crippen molar-refractivity contribution < 1.29 is 8.42 Å². The van der Waals surface area contributed by atoms with Crippen LogP contribution in [0.5, 0.6) is 0 Å². The second-order valence-electron chi connectivity index (χ2n) is 3.23. The minimum Gasteiger partial charge on any atom is -0.398 e. The highest BCUT2D eigenvalue weighted by Crippen LogP contribution is 2.32. The van der Waals surface area contributed by atoms with Gasteiger partial charge in [-0.3, -0.25) is 0 Å². The number of benzene rings is 1. The predicted molar refractivity (Wildman–Crippen MR) is 66.4 cm³/mol. The fraction of sp³-hybridized carbons (Fsp3) is 0.333. The lowest BCUT2D eigenvalue weighted by molar-refractivity contribution is 0.487. The van der Waals surface area contributed by atoms with Crippen LogP contribution >= 0.6 is 23.2 Å². The molecule has 90 valence electrons. The van der Waals surface area contributed by atoms with Crippen molar-refractivity contribution in [1.29, 1.82) is 0 Å². The van der Waals surface area contributed by atoms with Gasteiger partial charge < -0.3 is 5.73 Å². The first-order valence-electron chi connectivity index (χ1n) is 4.51. The number of rotatable bonds is 3. The Balaban J connectivity index is 3.45. The molecule has 0 saturated carbocycles. The van der Waals surface area contributed by atoms with Crippen LogP contribution in [0.15, 0.2) is 17.0 Å². The Labute approximate surface area is 105 Å². The van der Waals surface area contributed by atoms with Crippen molar-refractivity contribution in [2.24, 2.45) is 0 Å². The average Bonchev–Trinajstić information content (AvgIpc) is 2.14. The van der Waals surface area contributed by atoms with Gasteiger partial charge in [-0.25, -0.2) is 12.7 Å². The molecule has 0 aliphatic rings. The Morgan fingerprint density at radius 3 is 2.38 bits per heavy atom. The number of hydrogen-bond acceptors (Lipinski definition) is 3. The normalized spacial score (nSPS) is 12.1. The highest BCUT2D eigenvalue weighted by atomic mass is 35.5. The van der Waals surface area contributed by atoms with Crippen molar-refractivity contribution in [2.75, 3.05) is 19.3 Å². The maximum Gasteiger partial charge on any atom is 0.246 e. The van der Waals surface area contributed by atoms with E-state index in [1.165, 1.54) is 23.5 Å². The SMILES string of the molecule is CCN(C)S(=O)(=O)c1c(N)cc(Cl)cc1Cl. The number of nitrogen functional groups attached to an aromatic ring is 1. The van der Waals surface area contributed by atoms with Crippen molar-refractivity contribution in [3.63, 3.8) is 0 Å². The van der Waals surface area contributed by atoms with Gasteiger partial charge in [0.2, 0.25) is 10.0 Å². The van der Waals surface area contributed by atoms with Gasteiger partial charge in [0.15, 0.2) is 0 Å². The van der Waals surface area contributed by atoms with Gasteiger partial charge in [0.05, 0.1) is 10.7 Å². The molecule has 0 unspecified atom stereocenters. The molecule has 0 heterocycles. The summed E-state index contributed by atoms with van der Waals surface area (Å²) in [4.78, 5) is -0.0945. The molecule has 2 N–H and O–H groups in total. The standard InChI is InChI=1S/C9H12Cl2N2O2S/c1-3-13(2)16(14,15)9-7(11)4-6(10)5-8(9)12/h4-5H,3,12H2,1-2H3. The van der Waals surface area contributed by atoms with E-state index in [2.05, 4.69) is 0 Å². The van der Waals surface area contributed by atoms with E-state index in [-0.39, 0.29) is 15.6 Å². The van der Waals surface area contributed by atoms with E-state index in [4.69, 9.17) is 28.9 Å². The summed E-state index contributed by atoms with van der Waals surface area (Å²) in [5, 5.41) is 0.339. The van der Waals surface area contributed by atoms with Crippen LogP contribution in [0.4, 0.5) is 5.69 Å². The van der Waals surface area contributed by atoms with Gasteiger partial charge in [0.25, 0.3) is 0 Å². The van der Waals surface area contributed by atoms with Crippen molar-refractivity contribution in [1.82, 2.24) is 4.31 Å². The molecule has 7 heteroatoms. The Morgan fingerprint density at radius 1 is 1.38 bits per heavy atom. The average molecular weight is 283 g/mol. The second kappa shape index (κ2) is 4.79. The Hall–Kier alpha value is -0.490. The predicted octanol–water partition coefficient (Wildman–Crippen LogP) is 2.22.